The lowest BCUT2D eigenvalue weighted by molar-refractivity contribution is 0.0626. The molecule has 3 fully saturated rings. The maximum Gasteiger partial charge on any atom is 0.259 e. The van der Waals surface area contributed by atoms with Crippen LogP contribution in [0.15, 0.2) is 41.5 Å². The molecule has 1 saturated heterocycles. The van der Waals surface area contributed by atoms with Crippen LogP contribution in [0.3, 0.4) is 0 Å². The second kappa shape index (κ2) is 10.3. The summed E-state index contributed by atoms with van der Waals surface area (Å²) in [6, 6.07) is 6.89. The summed E-state index contributed by atoms with van der Waals surface area (Å²) in [6.07, 6.45) is 10.6. The highest BCUT2D eigenvalue weighted by atomic mass is 19.1. The molecule has 0 bridgehead atoms. The smallest absolute Gasteiger partial charge is 0.259 e. The number of carbonyl (C=O) groups excluding carboxylic acids is 2. The van der Waals surface area contributed by atoms with Crippen LogP contribution in [0.25, 0.3) is 0 Å². The van der Waals surface area contributed by atoms with Gasteiger partial charge in [-0.1, -0.05) is 31.4 Å². The predicted molar refractivity (Wildman–Crippen MR) is 131 cm³/mol. The average Bonchev–Trinajstić information content (AvgIpc) is 3.69. The molecular weight excluding hydrogens is 447 g/mol. The first-order chi connectivity index (χ1) is 17.0. The maximum atomic E-state index is 13.5. The van der Waals surface area contributed by atoms with Crippen LogP contribution in [0, 0.1) is 5.82 Å². The Hall–Kier alpha value is -3.00. The summed E-state index contributed by atoms with van der Waals surface area (Å²) in [6.45, 7) is 2.86. The van der Waals surface area contributed by atoms with E-state index in [0.717, 1.165) is 44.1 Å². The summed E-state index contributed by atoms with van der Waals surface area (Å²) in [5.74, 6) is -0.946. The summed E-state index contributed by atoms with van der Waals surface area (Å²) < 4.78 is 15.5. The van der Waals surface area contributed by atoms with E-state index < -0.39 is 5.43 Å². The third-order valence-corrected chi connectivity index (χ3v) is 7.38. The maximum absolute atomic E-state index is 13.5. The molecule has 35 heavy (non-hydrogen) atoms. The zero-order valence-corrected chi connectivity index (χ0v) is 20.0. The molecule has 5 rings (SSSR count). The number of rotatable bonds is 6. The van der Waals surface area contributed by atoms with Gasteiger partial charge < -0.3 is 14.8 Å². The van der Waals surface area contributed by atoms with Crippen molar-refractivity contribution >= 4 is 11.8 Å². The van der Waals surface area contributed by atoms with Gasteiger partial charge in [-0.3, -0.25) is 19.3 Å². The molecule has 0 unspecified atom stereocenters. The van der Waals surface area contributed by atoms with Crippen molar-refractivity contribution in [2.24, 2.45) is 0 Å². The van der Waals surface area contributed by atoms with Crippen LogP contribution in [0.2, 0.25) is 0 Å². The molecule has 1 aliphatic heterocycles. The van der Waals surface area contributed by atoms with Crippen molar-refractivity contribution in [1.29, 1.82) is 0 Å². The van der Waals surface area contributed by atoms with Gasteiger partial charge in [0.1, 0.15) is 16.9 Å². The molecule has 7 nitrogen and oxygen atoms in total. The number of pyridine rings is 1. The molecule has 1 aromatic carbocycles. The second-order valence-electron chi connectivity index (χ2n) is 10.1. The molecule has 186 valence electrons. The number of piperazine rings is 1. The molecule has 2 saturated carbocycles. The lowest BCUT2D eigenvalue weighted by Gasteiger charge is -2.35. The van der Waals surface area contributed by atoms with Crippen LogP contribution in [0.4, 0.5) is 4.39 Å². The minimum Gasteiger partial charge on any atom is -0.349 e. The number of aromatic nitrogens is 1. The van der Waals surface area contributed by atoms with Crippen molar-refractivity contribution < 1.29 is 14.0 Å². The largest absolute Gasteiger partial charge is 0.349 e. The molecule has 2 heterocycles. The fraction of sp³-hybridized carbons (Fsp3) is 0.519. The highest BCUT2D eigenvalue weighted by Crippen LogP contribution is 2.28. The summed E-state index contributed by atoms with van der Waals surface area (Å²) in [5, 5.41) is 2.91. The lowest BCUT2D eigenvalue weighted by Crippen LogP contribution is -2.49. The first kappa shape index (κ1) is 23.7. The van der Waals surface area contributed by atoms with Crippen molar-refractivity contribution in [1.82, 2.24) is 19.7 Å². The van der Waals surface area contributed by atoms with E-state index in [1.54, 1.807) is 23.4 Å². The molecule has 1 aromatic heterocycles. The summed E-state index contributed by atoms with van der Waals surface area (Å²) in [5.41, 5.74) is 0.563. The van der Waals surface area contributed by atoms with Crippen LogP contribution >= 0.6 is 0 Å². The molecule has 0 atom stereocenters. The van der Waals surface area contributed by atoms with Gasteiger partial charge in [0, 0.05) is 57.2 Å². The van der Waals surface area contributed by atoms with Gasteiger partial charge in [0.05, 0.1) is 0 Å². The Balaban J connectivity index is 1.33. The van der Waals surface area contributed by atoms with E-state index in [9.17, 15) is 18.8 Å². The van der Waals surface area contributed by atoms with Crippen LogP contribution in [0.5, 0.6) is 0 Å². The first-order valence-corrected chi connectivity index (χ1v) is 12.8. The molecule has 0 radical (unpaired) electrons. The highest BCUT2D eigenvalue weighted by molar-refractivity contribution is 5.99. The fourth-order valence-electron chi connectivity index (χ4n) is 5.17. The molecule has 3 aliphatic rings. The number of hydrogen-bond donors (Lipinski definition) is 1. The van der Waals surface area contributed by atoms with E-state index in [2.05, 4.69) is 10.2 Å². The second-order valence-corrected chi connectivity index (χ2v) is 10.1. The Morgan fingerprint density at radius 2 is 1.66 bits per heavy atom. The number of halogens is 1. The highest BCUT2D eigenvalue weighted by Gasteiger charge is 2.30. The van der Waals surface area contributed by atoms with Crippen molar-refractivity contribution in [3.8, 4) is 0 Å². The van der Waals surface area contributed by atoms with Crippen molar-refractivity contribution in [2.75, 3.05) is 26.2 Å². The summed E-state index contributed by atoms with van der Waals surface area (Å²) >= 11 is 0. The van der Waals surface area contributed by atoms with E-state index in [1.165, 1.54) is 18.6 Å². The third-order valence-electron chi connectivity index (χ3n) is 7.38. The van der Waals surface area contributed by atoms with Gasteiger partial charge in [-0.05, 0) is 43.4 Å². The predicted octanol–water partition coefficient (Wildman–Crippen LogP) is 3.34. The molecule has 2 aliphatic carbocycles. The zero-order chi connectivity index (χ0) is 24.4. The topological polar surface area (TPSA) is 74.7 Å². The van der Waals surface area contributed by atoms with E-state index in [1.807, 2.05) is 10.6 Å². The number of carbonyl (C=O) groups is 2. The SMILES string of the molecule is O=C(NC1CC1)c1cn(C2CCCCC2)cc(C(=O)N2CCN(Cc3cccc(F)c3)CC2)c1=O. The van der Waals surface area contributed by atoms with Crippen LogP contribution in [-0.4, -0.2) is 58.4 Å². The van der Waals surface area contributed by atoms with E-state index in [0.29, 0.717) is 32.7 Å². The average molecular weight is 481 g/mol. The summed E-state index contributed by atoms with van der Waals surface area (Å²) in [4.78, 5) is 43.5. The standard InChI is InChI=1S/C27H33FN4O3/c28-20-6-4-5-19(15-20)16-30-11-13-31(14-12-30)27(35)24-18-32(22-7-2-1-3-8-22)17-23(25(24)33)26(34)29-21-9-10-21/h4-6,15,17-18,21-22H,1-3,7-14,16H2,(H,29,34). The van der Waals surface area contributed by atoms with E-state index in [4.69, 9.17) is 0 Å². The van der Waals surface area contributed by atoms with Crippen LogP contribution in [-0.2, 0) is 6.54 Å². The van der Waals surface area contributed by atoms with Crippen molar-refractivity contribution in [3.05, 3.63) is 69.4 Å². The molecule has 8 heteroatoms. The van der Waals surface area contributed by atoms with E-state index >= 15 is 0 Å². The Labute approximate surface area is 204 Å². The molecule has 0 spiro atoms. The van der Waals surface area contributed by atoms with E-state index in [-0.39, 0.29) is 40.8 Å². The van der Waals surface area contributed by atoms with Gasteiger partial charge in [-0.25, -0.2) is 4.39 Å². The normalized spacial score (nSPS) is 19.5. The van der Waals surface area contributed by atoms with Crippen molar-refractivity contribution in [3.63, 3.8) is 0 Å². The minimum absolute atomic E-state index is 0.0677. The Kier molecular flexibility index (Phi) is 7.00. The Morgan fingerprint density at radius 1 is 0.943 bits per heavy atom. The quantitative estimate of drug-likeness (QED) is 0.688. The zero-order valence-electron chi connectivity index (χ0n) is 20.0. The number of nitrogens with zero attached hydrogens (tertiary/aromatic N) is 3. The molecule has 1 N–H and O–H groups in total. The van der Waals surface area contributed by atoms with Crippen LogP contribution < -0.4 is 10.7 Å². The van der Waals surface area contributed by atoms with Gasteiger partial charge in [0.2, 0.25) is 5.43 Å². The minimum atomic E-state index is -0.484. The van der Waals surface area contributed by atoms with Gasteiger partial charge in [-0.15, -0.1) is 0 Å². The monoisotopic (exact) mass is 480 g/mol. The van der Waals surface area contributed by atoms with Gasteiger partial charge in [0.15, 0.2) is 0 Å². The fourth-order valence-corrected chi connectivity index (χ4v) is 5.17. The first-order valence-electron chi connectivity index (χ1n) is 12.8. The number of amides is 2. The Bertz CT molecular complexity index is 1150. The number of hydrogen-bond acceptors (Lipinski definition) is 4. The van der Waals surface area contributed by atoms with Gasteiger partial charge in [0.25, 0.3) is 11.8 Å². The van der Waals surface area contributed by atoms with Gasteiger partial charge in [-0.2, -0.15) is 0 Å². The lowest BCUT2D eigenvalue weighted by atomic mass is 9.95. The summed E-state index contributed by atoms with van der Waals surface area (Å²) in [7, 11) is 0. The third kappa shape index (κ3) is 5.64. The van der Waals surface area contributed by atoms with Gasteiger partial charge >= 0.3 is 0 Å². The Morgan fingerprint density at radius 3 is 2.34 bits per heavy atom. The molecule has 2 aromatic rings. The number of nitrogens with one attached hydrogen (secondary N) is 1. The number of benzene rings is 1. The van der Waals surface area contributed by atoms with Crippen LogP contribution in [0.1, 0.15) is 77.3 Å². The molecular formula is C27H33FN4O3. The molecule has 2 amide bonds. The van der Waals surface area contributed by atoms with Crippen molar-refractivity contribution in [2.45, 2.75) is 63.6 Å².